The van der Waals surface area contributed by atoms with E-state index in [2.05, 4.69) is 0 Å². The molecule has 0 spiro atoms. The zero-order valence-electron chi connectivity index (χ0n) is 9.82. The minimum absolute atomic E-state index is 0.140. The van der Waals surface area contributed by atoms with Crippen molar-refractivity contribution in [1.82, 2.24) is 4.90 Å². The first-order chi connectivity index (χ1) is 7.13. The highest BCUT2D eigenvalue weighted by atomic mass is 16.5. The number of hydrogen-bond acceptors (Lipinski definition) is 4. The van der Waals surface area contributed by atoms with Crippen LogP contribution in [0.3, 0.4) is 0 Å². The Morgan fingerprint density at radius 3 is 2.60 bits per heavy atom. The molecule has 0 aromatic rings. The fourth-order valence-electron chi connectivity index (χ4n) is 1.05. The third kappa shape index (κ3) is 6.12. The molecule has 0 saturated heterocycles. The lowest BCUT2D eigenvalue weighted by Gasteiger charge is -2.15. The van der Waals surface area contributed by atoms with Gasteiger partial charge in [0.1, 0.15) is 5.70 Å². The van der Waals surface area contributed by atoms with E-state index in [9.17, 15) is 4.79 Å². The van der Waals surface area contributed by atoms with Gasteiger partial charge in [-0.05, 0) is 19.3 Å². The van der Waals surface area contributed by atoms with Gasteiger partial charge in [-0.1, -0.05) is 13.0 Å². The van der Waals surface area contributed by atoms with Crippen molar-refractivity contribution in [3.63, 3.8) is 0 Å². The molecule has 0 aromatic heterocycles. The molecule has 0 amide bonds. The molecule has 0 unspecified atom stereocenters. The number of carbonyl (C=O) groups excluding carboxylic acids is 1. The quantitative estimate of drug-likeness (QED) is 0.393. The lowest BCUT2D eigenvalue weighted by Crippen LogP contribution is -2.21. The van der Waals surface area contributed by atoms with Gasteiger partial charge in [0.25, 0.3) is 0 Å². The van der Waals surface area contributed by atoms with Gasteiger partial charge in [-0.3, -0.25) is 0 Å². The Balaban J connectivity index is 4.24. The van der Waals surface area contributed by atoms with Crippen molar-refractivity contribution in [2.45, 2.75) is 26.2 Å². The molecule has 88 valence electrons. The highest BCUT2D eigenvalue weighted by molar-refractivity contribution is 5.87. The smallest absolute Gasteiger partial charge is 0.354 e. The van der Waals surface area contributed by atoms with Crippen molar-refractivity contribution in [1.29, 1.82) is 0 Å². The van der Waals surface area contributed by atoms with E-state index in [1.165, 1.54) is 0 Å². The van der Waals surface area contributed by atoms with Gasteiger partial charge < -0.3 is 14.7 Å². The van der Waals surface area contributed by atoms with Crippen molar-refractivity contribution in [2.75, 3.05) is 27.3 Å². The van der Waals surface area contributed by atoms with E-state index >= 15 is 0 Å². The number of aliphatic hydroxyl groups excluding tert-OH is 1. The second kappa shape index (κ2) is 8.29. The summed E-state index contributed by atoms with van der Waals surface area (Å²) in [5, 5.41) is 8.64. The van der Waals surface area contributed by atoms with Crippen molar-refractivity contribution in [3.05, 3.63) is 11.8 Å². The molecule has 0 saturated carbocycles. The van der Waals surface area contributed by atoms with Crippen LogP contribution in [0.2, 0.25) is 0 Å². The molecule has 15 heavy (non-hydrogen) atoms. The van der Waals surface area contributed by atoms with Gasteiger partial charge in [-0.15, -0.1) is 0 Å². The average Bonchev–Trinajstić information content (AvgIpc) is 2.20. The van der Waals surface area contributed by atoms with Crippen molar-refractivity contribution in [3.8, 4) is 0 Å². The summed E-state index contributed by atoms with van der Waals surface area (Å²) in [4.78, 5) is 13.3. The lowest BCUT2D eigenvalue weighted by molar-refractivity contribution is -0.140. The van der Waals surface area contributed by atoms with Crippen LogP contribution in [0.4, 0.5) is 0 Å². The Hall–Kier alpha value is -1.03. The number of likely N-dealkylation sites (N-methyl/N-ethyl adjacent to an activating group) is 1. The van der Waals surface area contributed by atoms with Crippen LogP contribution >= 0.6 is 0 Å². The summed E-state index contributed by atoms with van der Waals surface area (Å²) in [6.07, 6.45) is 3.97. The topological polar surface area (TPSA) is 49.8 Å². The lowest BCUT2D eigenvalue weighted by atomic mass is 10.2. The number of unbranched alkanes of at least 4 members (excludes halogenated alkanes) is 1. The van der Waals surface area contributed by atoms with Gasteiger partial charge >= 0.3 is 5.97 Å². The number of hydrogen-bond donors (Lipinski definition) is 1. The Morgan fingerprint density at radius 1 is 1.47 bits per heavy atom. The molecule has 4 nitrogen and oxygen atoms in total. The van der Waals surface area contributed by atoms with Crippen molar-refractivity contribution >= 4 is 5.97 Å². The van der Waals surface area contributed by atoms with E-state index in [-0.39, 0.29) is 12.6 Å². The van der Waals surface area contributed by atoms with Gasteiger partial charge in [0, 0.05) is 20.7 Å². The number of allylic oxidation sites excluding steroid dienone is 1. The molecule has 0 aliphatic carbocycles. The SMILES string of the molecule is CCCOC(=O)C(=CCCCO)N(C)C. The van der Waals surface area contributed by atoms with Crippen LogP contribution in [-0.4, -0.2) is 43.3 Å². The molecular weight excluding hydrogens is 194 g/mol. The molecular formula is C11H21NO3. The summed E-state index contributed by atoms with van der Waals surface area (Å²) < 4.78 is 5.03. The molecule has 0 radical (unpaired) electrons. The zero-order valence-corrected chi connectivity index (χ0v) is 9.82. The molecule has 0 aromatic carbocycles. The van der Waals surface area contributed by atoms with Gasteiger partial charge in [0.2, 0.25) is 0 Å². The summed E-state index contributed by atoms with van der Waals surface area (Å²) in [5.41, 5.74) is 0.553. The highest BCUT2D eigenvalue weighted by Crippen LogP contribution is 2.05. The monoisotopic (exact) mass is 215 g/mol. The fourth-order valence-corrected chi connectivity index (χ4v) is 1.05. The summed E-state index contributed by atoms with van der Waals surface area (Å²) >= 11 is 0. The fraction of sp³-hybridized carbons (Fsp3) is 0.727. The number of nitrogens with zero attached hydrogens (tertiary/aromatic N) is 1. The molecule has 0 fully saturated rings. The van der Waals surface area contributed by atoms with Crippen LogP contribution in [0.5, 0.6) is 0 Å². The summed E-state index contributed by atoms with van der Waals surface area (Å²) in [6.45, 7) is 2.54. The number of carbonyl (C=O) groups is 1. The molecule has 0 atom stereocenters. The molecule has 0 aliphatic rings. The van der Waals surface area contributed by atoms with Gasteiger partial charge in [-0.25, -0.2) is 4.79 Å². The van der Waals surface area contributed by atoms with E-state index in [0.717, 1.165) is 6.42 Å². The van der Waals surface area contributed by atoms with Gasteiger partial charge in [-0.2, -0.15) is 0 Å². The Bertz CT molecular complexity index is 212. The standard InChI is InChI=1S/C11H21NO3/c1-4-9-15-11(14)10(12(2)3)7-5-6-8-13/h7,13H,4-6,8-9H2,1-3H3. The molecule has 0 aliphatic heterocycles. The second-order valence-corrected chi connectivity index (χ2v) is 3.49. The van der Waals surface area contributed by atoms with Crippen LogP contribution in [0.1, 0.15) is 26.2 Å². The van der Waals surface area contributed by atoms with Crippen LogP contribution in [-0.2, 0) is 9.53 Å². The van der Waals surface area contributed by atoms with Gasteiger partial charge in [0.05, 0.1) is 6.61 Å². The third-order valence-electron chi connectivity index (χ3n) is 1.83. The zero-order chi connectivity index (χ0) is 11.7. The van der Waals surface area contributed by atoms with Crippen molar-refractivity contribution < 1.29 is 14.6 Å². The molecule has 4 heteroatoms. The third-order valence-corrected chi connectivity index (χ3v) is 1.83. The average molecular weight is 215 g/mol. The summed E-state index contributed by atoms with van der Waals surface area (Å²) in [5.74, 6) is -0.292. The molecule has 0 bridgehead atoms. The predicted molar refractivity (Wildman–Crippen MR) is 59.3 cm³/mol. The highest BCUT2D eigenvalue weighted by Gasteiger charge is 2.11. The van der Waals surface area contributed by atoms with Crippen molar-refractivity contribution in [2.24, 2.45) is 0 Å². The minimum atomic E-state index is -0.292. The Morgan fingerprint density at radius 2 is 2.13 bits per heavy atom. The maximum Gasteiger partial charge on any atom is 0.354 e. The maximum absolute atomic E-state index is 11.5. The normalized spacial score (nSPS) is 11.3. The van der Waals surface area contributed by atoms with E-state index in [1.807, 2.05) is 6.92 Å². The van der Waals surface area contributed by atoms with Crippen LogP contribution in [0.15, 0.2) is 11.8 Å². The van der Waals surface area contributed by atoms with Crippen LogP contribution in [0.25, 0.3) is 0 Å². The number of ether oxygens (including phenoxy) is 1. The van der Waals surface area contributed by atoms with Crippen LogP contribution < -0.4 is 0 Å². The molecule has 0 heterocycles. The minimum Gasteiger partial charge on any atom is -0.461 e. The molecule has 0 rings (SSSR count). The largest absolute Gasteiger partial charge is 0.461 e. The first-order valence-electron chi connectivity index (χ1n) is 5.29. The summed E-state index contributed by atoms with van der Waals surface area (Å²) in [7, 11) is 3.61. The Labute approximate surface area is 91.5 Å². The maximum atomic E-state index is 11.5. The number of rotatable bonds is 7. The van der Waals surface area contributed by atoms with E-state index in [4.69, 9.17) is 9.84 Å². The van der Waals surface area contributed by atoms with Crippen LogP contribution in [0, 0.1) is 0 Å². The van der Waals surface area contributed by atoms with E-state index in [0.29, 0.717) is 25.1 Å². The predicted octanol–water partition coefficient (Wildman–Crippen LogP) is 1.16. The Kier molecular flexibility index (Phi) is 7.72. The number of aliphatic hydroxyl groups is 1. The molecule has 1 N–H and O–H groups in total. The number of esters is 1. The summed E-state index contributed by atoms with van der Waals surface area (Å²) in [6, 6.07) is 0. The van der Waals surface area contributed by atoms with E-state index < -0.39 is 0 Å². The van der Waals surface area contributed by atoms with E-state index in [1.54, 1.807) is 25.1 Å². The second-order valence-electron chi connectivity index (χ2n) is 3.49. The van der Waals surface area contributed by atoms with Gasteiger partial charge in [0.15, 0.2) is 0 Å². The first kappa shape index (κ1) is 14.0. The first-order valence-corrected chi connectivity index (χ1v) is 5.29.